The van der Waals surface area contributed by atoms with E-state index in [-0.39, 0.29) is 0 Å². The average molecular weight is 111 g/mol. The van der Waals surface area contributed by atoms with Gasteiger partial charge in [0.1, 0.15) is 0 Å². The summed E-state index contributed by atoms with van der Waals surface area (Å²) in [7, 11) is 0. The molecule has 36 valence electrons. The zero-order valence-corrected chi connectivity index (χ0v) is 4.83. The molecule has 0 aromatic heterocycles. The van der Waals surface area contributed by atoms with Crippen LogP contribution in [0.3, 0.4) is 0 Å². The molecule has 0 heterocycles. The number of nitrogens with zero attached hydrogens (tertiary/aromatic N) is 1. The quantitative estimate of drug-likeness (QED) is 0.285. The lowest BCUT2D eigenvalue weighted by Crippen LogP contribution is -1.38. The van der Waals surface area contributed by atoms with Crippen molar-refractivity contribution < 1.29 is 0 Å². The normalized spacial score (nSPS) is 5.29. The minimum absolute atomic E-state index is 1.47. The first-order valence-corrected chi connectivity index (χ1v) is 2.25. The summed E-state index contributed by atoms with van der Waals surface area (Å²) in [6.45, 7) is 1.86. The van der Waals surface area contributed by atoms with Crippen LogP contribution >= 0.6 is 12.2 Å². The first-order valence-electron chi connectivity index (χ1n) is 1.84. The molecule has 0 aliphatic carbocycles. The molecule has 0 bridgehead atoms. The van der Waals surface area contributed by atoms with E-state index in [0.717, 1.165) is 0 Å². The van der Waals surface area contributed by atoms with Crippen molar-refractivity contribution in [1.82, 2.24) is 0 Å². The van der Waals surface area contributed by atoms with Crippen molar-refractivity contribution in [3.63, 3.8) is 0 Å². The topological polar surface area (TPSA) is 12.4 Å². The lowest BCUT2D eigenvalue weighted by molar-refractivity contribution is 1.61. The molecule has 0 aliphatic heterocycles. The number of hydrogen-bond acceptors (Lipinski definition) is 2. The second kappa shape index (κ2) is 5.32. The van der Waals surface area contributed by atoms with Crippen LogP contribution in [0.4, 0.5) is 0 Å². The number of allylic oxidation sites excluding steroid dienone is 1. The van der Waals surface area contributed by atoms with E-state index in [1.165, 1.54) is 6.20 Å². The van der Waals surface area contributed by atoms with Crippen LogP contribution in [-0.2, 0) is 0 Å². The monoisotopic (exact) mass is 111 g/mol. The Balaban J connectivity index is 3.71. The van der Waals surface area contributed by atoms with Gasteiger partial charge in [-0.05, 0) is 25.2 Å². The van der Waals surface area contributed by atoms with Crippen LogP contribution < -0.4 is 0 Å². The van der Waals surface area contributed by atoms with Crippen LogP contribution in [0.1, 0.15) is 6.92 Å². The minimum atomic E-state index is 1.47. The van der Waals surface area contributed by atoms with Gasteiger partial charge in [-0.2, -0.15) is 4.99 Å². The lowest BCUT2D eigenvalue weighted by atomic mass is 10.7. The Morgan fingerprint density at radius 1 is 1.71 bits per heavy atom. The van der Waals surface area contributed by atoms with Gasteiger partial charge in [-0.1, -0.05) is 0 Å². The Hall–Kier alpha value is -0.680. The second-order valence-electron chi connectivity index (χ2n) is 0.805. The van der Waals surface area contributed by atoms with Gasteiger partial charge in [0, 0.05) is 0 Å². The van der Waals surface area contributed by atoms with Gasteiger partial charge in [0.15, 0.2) is 0 Å². The van der Waals surface area contributed by atoms with E-state index in [1.807, 2.05) is 6.92 Å². The maximum absolute atomic E-state index is 4.26. The maximum atomic E-state index is 4.26. The van der Waals surface area contributed by atoms with E-state index in [4.69, 9.17) is 0 Å². The SMILES string of the molecule is CC=C=CN=C=S. The summed E-state index contributed by atoms with van der Waals surface area (Å²) in [6.07, 6.45) is 3.21. The summed E-state index contributed by atoms with van der Waals surface area (Å²) in [5.74, 6) is 0. The molecule has 0 saturated carbocycles. The summed E-state index contributed by atoms with van der Waals surface area (Å²) in [4.78, 5) is 3.46. The number of isothiocyanates is 1. The van der Waals surface area contributed by atoms with E-state index in [0.29, 0.717) is 0 Å². The van der Waals surface area contributed by atoms with Crippen molar-refractivity contribution in [3.05, 3.63) is 18.0 Å². The number of hydrogen-bond donors (Lipinski definition) is 0. The van der Waals surface area contributed by atoms with Gasteiger partial charge in [-0.15, -0.1) is 5.73 Å². The highest BCUT2D eigenvalue weighted by molar-refractivity contribution is 7.78. The van der Waals surface area contributed by atoms with Crippen LogP contribution in [0, 0.1) is 0 Å². The molecule has 1 nitrogen and oxygen atoms in total. The fourth-order valence-electron chi connectivity index (χ4n) is 0.138. The molecule has 0 saturated heterocycles. The van der Waals surface area contributed by atoms with Crippen LogP contribution in [0.2, 0.25) is 0 Å². The highest BCUT2D eigenvalue weighted by Gasteiger charge is 1.46. The molecule has 0 atom stereocenters. The van der Waals surface area contributed by atoms with Crippen molar-refractivity contribution in [1.29, 1.82) is 0 Å². The molecule has 0 aliphatic rings. The first kappa shape index (κ1) is 6.32. The van der Waals surface area contributed by atoms with Gasteiger partial charge in [0.2, 0.25) is 0 Å². The van der Waals surface area contributed by atoms with Crippen molar-refractivity contribution in [3.8, 4) is 0 Å². The molecule has 7 heavy (non-hydrogen) atoms. The van der Waals surface area contributed by atoms with Gasteiger partial charge in [-0.3, -0.25) is 0 Å². The summed E-state index contributed by atoms with van der Waals surface area (Å²) >= 11 is 4.26. The van der Waals surface area contributed by atoms with Crippen molar-refractivity contribution in [2.75, 3.05) is 0 Å². The maximum Gasteiger partial charge on any atom is 0.0793 e. The second-order valence-corrected chi connectivity index (χ2v) is 0.987. The Morgan fingerprint density at radius 2 is 2.43 bits per heavy atom. The summed E-state index contributed by atoms with van der Waals surface area (Å²) in [5, 5.41) is 2.17. The smallest absolute Gasteiger partial charge is 0.0793 e. The summed E-state index contributed by atoms with van der Waals surface area (Å²) < 4.78 is 0. The third-order valence-corrected chi connectivity index (χ3v) is 0.464. The van der Waals surface area contributed by atoms with E-state index < -0.39 is 0 Å². The highest BCUT2D eigenvalue weighted by atomic mass is 32.1. The molecule has 2 heteroatoms. The molecule has 0 radical (unpaired) electrons. The Morgan fingerprint density at radius 3 is 2.86 bits per heavy atom. The Bertz CT molecular complexity index is 136. The number of aliphatic imine (C=N–C) groups is 1. The van der Waals surface area contributed by atoms with Gasteiger partial charge >= 0.3 is 0 Å². The van der Waals surface area contributed by atoms with E-state index in [9.17, 15) is 0 Å². The standard InChI is InChI=1S/C5H5NS/c1-2-3-4-6-5-7/h2,4H,1H3. The fourth-order valence-corrected chi connectivity index (χ4v) is 0.191. The van der Waals surface area contributed by atoms with Crippen molar-refractivity contribution >= 4 is 17.4 Å². The molecule has 0 N–H and O–H groups in total. The first-order chi connectivity index (χ1) is 3.41. The molecule has 0 unspecified atom stereocenters. The minimum Gasteiger partial charge on any atom is -0.194 e. The molecule has 0 aromatic rings. The van der Waals surface area contributed by atoms with E-state index in [1.54, 1.807) is 6.08 Å². The van der Waals surface area contributed by atoms with Crippen LogP contribution in [-0.4, -0.2) is 5.16 Å². The molecular formula is C5H5NS. The summed E-state index contributed by atoms with van der Waals surface area (Å²) in [5.41, 5.74) is 2.70. The van der Waals surface area contributed by atoms with Crippen LogP contribution in [0.25, 0.3) is 0 Å². The zero-order chi connectivity index (χ0) is 5.54. The van der Waals surface area contributed by atoms with E-state index >= 15 is 0 Å². The Kier molecular flexibility index (Phi) is 4.80. The number of thiocarbonyl (C=S) groups is 1. The largest absolute Gasteiger partial charge is 0.194 e. The average Bonchev–Trinajstić information content (AvgIpc) is 1.69. The number of rotatable bonds is 1. The Labute approximate surface area is 48.1 Å². The van der Waals surface area contributed by atoms with E-state index in [2.05, 4.69) is 28.1 Å². The van der Waals surface area contributed by atoms with Gasteiger partial charge < -0.3 is 0 Å². The van der Waals surface area contributed by atoms with Crippen molar-refractivity contribution in [2.24, 2.45) is 4.99 Å². The molecule has 0 rings (SSSR count). The van der Waals surface area contributed by atoms with Gasteiger partial charge in [-0.25, -0.2) is 0 Å². The fraction of sp³-hybridized carbons (Fsp3) is 0.200. The molecule has 0 fully saturated rings. The third-order valence-electron chi connectivity index (χ3n) is 0.358. The molecule has 0 aromatic carbocycles. The van der Waals surface area contributed by atoms with Crippen molar-refractivity contribution in [2.45, 2.75) is 6.92 Å². The van der Waals surface area contributed by atoms with Crippen LogP contribution in [0.5, 0.6) is 0 Å². The molecular weight excluding hydrogens is 106 g/mol. The predicted octanol–water partition coefficient (Wildman–Crippen LogP) is 1.78. The van der Waals surface area contributed by atoms with Crippen LogP contribution in [0.15, 0.2) is 23.0 Å². The summed E-state index contributed by atoms with van der Waals surface area (Å²) in [6, 6.07) is 0. The molecule has 0 spiro atoms. The predicted molar refractivity (Wildman–Crippen MR) is 33.4 cm³/mol. The van der Waals surface area contributed by atoms with Gasteiger partial charge in [0.25, 0.3) is 0 Å². The van der Waals surface area contributed by atoms with Gasteiger partial charge in [0.05, 0.1) is 11.4 Å². The zero-order valence-electron chi connectivity index (χ0n) is 4.01. The third kappa shape index (κ3) is 5.32. The highest BCUT2D eigenvalue weighted by Crippen LogP contribution is 1.64. The molecule has 0 amide bonds. The lowest BCUT2D eigenvalue weighted by Gasteiger charge is -1.55.